The molecule has 2 N–H and O–H groups in total. The molecule has 0 atom stereocenters. The molecule has 1 amide bonds. The number of rotatable bonds is 8. The molecule has 1 rings (SSSR count). The van der Waals surface area contributed by atoms with Gasteiger partial charge in [0.1, 0.15) is 0 Å². The second-order valence-corrected chi connectivity index (χ2v) is 4.98. The van der Waals surface area contributed by atoms with Gasteiger partial charge in [0.25, 0.3) is 5.91 Å². The summed E-state index contributed by atoms with van der Waals surface area (Å²) in [5.41, 5.74) is 1.11. The molecule has 0 spiro atoms. The lowest BCUT2D eigenvalue weighted by Crippen LogP contribution is -2.26. The number of allylic oxidation sites excluding steroid dienone is 3. The van der Waals surface area contributed by atoms with Crippen molar-refractivity contribution >= 4 is 12.0 Å². The van der Waals surface area contributed by atoms with E-state index in [1.807, 2.05) is 6.92 Å². The summed E-state index contributed by atoms with van der Waals surface area (Å²) in [5, 5.41) is 12.7. The molecule has 130 valence electrons. The summed E-state index contributed by atoms with van der Waals surface area (Å²) in [6.07, 6.45) is 5.47. The van der Waals surface area contributed by atoms with Crippen molar-refractivity contribution in [3.8, 4) is 11.5 Å². The Hall–Kier alpha value is -2.63. The van der Waals surface area contributed by atoms with Gasteiger partial charge in [0, 0.05) is 12.6 Å². The molecular weight excluding hydrogens is 311 g/mol. The molecule has 1 aromatic heterocycles. The van der Waals surface area contributed by atoms with Crippen molar-refractivity contribution < 1.29 is 19.0 Å². The molecule has 24 heavy (non-hydrogen) atoms. The van der Waals surface area contributed by atoms with Crippen LogP contribution in [-0.2, 0) is 0 Å². The number of hydrogen-bond acceptors (Lipinski definition) is 4. The number of carbonyl (C=O) groups excluding carboxylic acids is 1. The molecule has 1 aromatic rings. The maximum absolute atomic E-state index is 13.2. The SMILES string of the molecule is C=Cc1cc(OC)c(O)c(C(=O)NC/C(=C/C=C(/F)CC)CC)n1. The van der Waals surface area contributed by atoms with Gasteiger partial charge in [0.2, 0.25) is 0 Å². The smallest absolute Gasteiger partial charge is 0.274 e. The standard InChI is InChI=1S/C18H23FN2O3/c1-5-12(8-9-13(19)6-2)11-20-18(23)16-17(22)15(24-4)10-14(7-3)21-16/h7-10,22H,3,5-6,11H2,1-2,4H3,(H,20,23)/b12-8+,13-9+. The van der Waals surface area contributed by atoms with Crippen molar-refractivity contribution in [2.24, 2.45) is 0 Å². The highest BCUT2D eigenvalue weighted by Crippen LogP contribution is 2.29. The fourth-order valence-corrected chi connectivity index (χ4v) is 1.86. The van der Waals surface area contributed by atoms with Crippen LogP contribution in [0.1, 0.15) is 42.9 Å². The highest BCUT2D eigenvalue weighted by molar-refractivity contribution is 5.96. The summed E-state index contributed by atoms with van der Waals surface area (Å²) in [4.78, 5) is 16.3. The molecule has 5 nitrogen and oxygen atoms in total. The number of hydrogen-bond donors (Lipinski definition) is 2. The quantitative estimate of drug-likeness (QED) is 0.710. The van der Waals surface area contributed by atoms with Gasteiger partial charge >= 0.3 is 0 Å². The van der Waals surface area contributed by atoms with E-state index in [-0.39, 0.29) is 29.6 Å². The van der Waals surface area contributed by atoms with E-state index in [2.05, 4.69) is 16.9 Å². The van der Waals surface area contributed by atoms with Crippen LogP contribution in [-0.4, -0.2) is 29.7 Å². The van der Waals surface area contributed by atoms with Gasteiger partial charge in [-0.05, 0) is 25.0 Å². The molecule has 0 aliphatic carbocycles. The number of ether oxygens (including phenoxy) is 1. The van der Waals surface area contributed by atoms with Crippen LogP contribution in [0.3, 0.4) is 0 Å². The maximum Gasteiger partial charge on any atom is 0.274 e. The second kappa shape index (κ2) is 9.50. The molecule has 0 fully saturated rings. The highest BCUT2D eigenvalue weighted by Gasteiger charge is 2.18. The number of aromatic hydroxyl groups is 1. The van der Waals surface area contributed by atoms with E-state index < -0.39 is 5.91 Å². The van der Waals surface area contributed by atoms with E-state index in [0.717, 1.165) is 5.57 Å². The van der Waals surface area contributed by atoms with Crippen molar-refractivity contribution in [2.45, 2.75) is 26.7 Å². The number of pyridine rings is 1. The molecule has 0 aliphatic rings. The molecule has 1 heterocycles. The Morgan fingerprint density at radius 1 is 1.42 bits per heavy atom. The molecule has 0 aromatic carbocycles. The van der Waals surface area contributed by atoms with E-state index in [1.165, 1.54) is 25.3 Å². The second-order valence-electron chi connectivity index (χ2n) is 4.98. The maximum atomic E-state index is 13.2. The Bertz CT molecular complexity index is 666. The Labute approximate surface area is 141 Å². The van der Waals surface area contributed by atoms with Crippen molar-refractivity contribution in [1.82, 2.24) is 10.3 Å². The van der Waals surface area contributed by atoms with Crippen molar-refractivity contribution in [2.75, 3.05) is 13.7 Å². The summed E-state index contributed by atoms with van der Waals surface area (Å²) in [7, 11) is 1.39. The minimum atomic E-state index is -0.547. The summed E-state index contributed by atoms with van der Waals surface area (Å²) >= 11 is 0. The average Bonchev–Trinajstić information content (AvgIpc) is 2.61. The first-order chi connectivity index (χ1) is 11.5. The number of nitrogens with one attached hydrogen (secondary N) is 1. The van der Waals surface area contributed by atoms with Gasteiger partial charge in [-0.25, -0.2) is 9.37 Å². The zero-order valence-corrected chi connectivity index (χ0v) is 14.2. The molecule has 0 aliphatic heterocycles. The Balaban J connectivity index is 2.93. The van der Waals surface area contributed by atoms with E-state index in [0.29, 0.717) is 18.5 Å². The average molecular weight is 334 g/mol. The summed E-state index contributed by atoms with van der Waals surface area (Å²) in [5.74, 6) is -0.965. The van der Waals surface area contributed by atoms with Crippen molar-refractivity contribution in [1.29, 1.82) is 0 Å². The normalized spacial score (nSPS) is 12.0. The third-order valence-corrected chi connectivity index (χ3v) is 3.39. The fraction of sp³-hybridized carbons (Fsp3) is 0.333. The topological polar surface area (TPSA) is 71.5 Å². The molecule has 0 saturated carbocycles. The molecule has 0 saturated heterocycles. The number of methoxy groups -OCH3 is 1. The largest absolute Gasteiger partial charge is 0.503 e. The zero-order valence-electron chi connectivity index (χ0n) is 14.2. The number of amides is 1. The van der Waals surface area contributed by atoms with Crippen LogP contribution in [0.15, 0.2) is 36.2 Å². The van der Waals surface area contributed by atoms with Gasteiger partial charge < -0.3 is 15.2 Å². The minimum absolute atomic E-state index is 0.143. The molecule has 0 bridgehead atoms. The third-order valence-electron chi connectivity index (χ3n) is 3.39. The zero-order chi connectivity index (χ0) is 18.1. The third kappa shape index (κ3) is 5.22. The lowest BCUT2D eigenvalue weighted by atomic mass is 10.1. The fourth-order valence-electron chi connectivity index (χ4n) is 1.86. The first kappa shape index (κ1) is 19.4. The highest BCUT2D eigenvalue weighted by atomic mass is 19.1. The van der Waals surface area contributed by atoms with E-state index >= 15 is 0 Å². The van der Waals surface area contributed by atoms with Crippen LogP contribution in [0.5, 0.6) is 11.5 Å². The monoisotopic (exact) mass is 334 g/mol. The lowest BCUT2D eigenvalue weighted by Gasteiger charge is -2.11. The Morgan fingerprint density at radius 3 is 2.67 bits per heavy atom. The van der Waals surface area contributed by atoms with Crippen molar-refractivity contribution in [3.05, 3.63) is 47.6 Å². The van der Waals surface area contributed by atoms with Crippen molar-refractivity contribution in [3.63, 3.8) is 0 Å². The Kier molecular flexibility index (Phi) is 7.68. The van der Waals surface area contributed by atoms with E-state index in [1.54, 1.807) is 13.0 Å². The van der Waals surface area contributed by atoms with Gasteiger partial charge in [-0.15, -0.1) is 0 Å². The minimum Gasteiger partial charge on any atom is -0.503 e. The van der Waals surface area contributed by atoms with Gasteiger partial charge in [-0.1, -0.05) is 32.1 Å². The van der Waals surface area contributed by atoms with E-state index in [4.69, 9.17) is 4.74 Å². The van der Waals surface area contributed by atoms with Crippen LogP contribution in [0, 0.1) is 0 Å². The summed E-state index contributed by atoms with van der Waals surface area (Å²) in [6, 6.07) is 1.48. The van der Waals surface area contributed by atoms with Gasteiger partial charge in [-0.2, -0.15) is 0 Å². The van der Waals surface area contributed by atoms with Crippen LogP contribution in [0.25, 0.3) is 6.08 Å². The summed E-state index contributed by atoms with van der Waals surface area (Å²) in [6.45, 7) is 7.45. The predicted molar refractivity (Wildman–Crippen MR) is 92.7 cm³/mol. The molecular formula is C18H23FN2O3. The molecule has 6 heteroatoms. The number of aromatic nitrogens is 1. The number of carbonyl (C=O) groups is 1. The number of nitrogens with zero attached hydrogens (tertiary/aromatic N) is 1. The first-order valence-electron chi connectivity index (χ1n) is 7.69. The van der Waals surface area contributed by atoms with Crippen LogP contribution >= 0.6 is 0 Å². The van der Waals surface area contributed by atoms with Crippen LogP contribution in [0.2, 0.25) is 0 Å². The Morgan fingerprint density at radius 2 is 2.12 bits per heavy atom. The van der Waals surface area contributed by atoms with E-state index in [9.17, 15) is 14.3 Å². The van der Waals surface area contributed by atoms with Crippen LogP contribution < -0.4 is 10.1 Å². The number of halogens is 1. The predicted octanol–water partition coefficient (Wildman–Crippen LogP) is 3.77. The van der Waals surface area contributed by atoms with Crippen LogP contribution in [0.4, 0.5) is 4.39 Å². The van der Waals surface area contributed by atoms with Gasteiger partial charge in [0.05, 0.1) is 18.6 Å². The molecule has 0 radical (unpaired) electrons. The summed E-state index contributed by atoms with van der Waals surface area (Å²) < 4.78 is 18.2. The first-order valence-corrected chi connectivity index (χ1v) is 7.69. The van der Waals surface area contributed by atoms with Gasteiger partial charge in [-0.3, -0.25) is 4.79 Å². The van der Waals surface area contributed by atoms with Gasteiger partial charge in [0.15, 0.2) is 17.2 Å². The lowest BCUT2D eigenvalue weighted by molar-refractivity contribution is 0.0948. The molecule has 0 unspecified atom stereocenters.